The standard InChI is InChI=1S/C27H23IN2O5/c28-22-12-11-16(26(32)33)13-23(22)29-25(31)24(15-9-10-15)30-27(34)35-14-21-19-7-3-1-5-17(19)18-6-2-4-8-20(18)21/h1-8,11-13,15,21,24H,9-10,14H2,(H,29,31)(H,30,34)(H,32,33). The highest BCUT2D eigenvalue weighted by atomic mass is 127. The van der Waals surface area contributed by atoms with E-state index in [4.69, 9.17) is 4.74 Å². The quantitative estimate of drug-likeness (QED) is 0.331. The maximum atomic E-state index is 13.0. The van der Waals surface area contributed by atoms with Gasteiger partial charge in [0.15, 0.2) is 0 Å². The highest BCUT2D eigenvalue weighted by Crippen LogP contribution is 2.44. The number of hydrogen-bond donors (Lipinski definition) is 3. The fraction of sp³-hybridized carbons (Fsp3) is 0.222. The Kier molecular flexibility index (Phi) is 6.46. The Hall–Kier alpha value is -3.40. The summed E-state index contributed by atoms with van der Waals surface area (Å²) in [5.74, 6) is -1.51. The molecule has 7 nitrogen and oxygen atoms in total. The predicted molar refractivity (Wildman–Crippen MR) is 139 cm³/mol. The van der Waals surface area contributed by atoms with E-state index in [1.807, 2.05) is 46.9 Å². The number of anilines is 1. The average Bonchev–Trinajstić information content (AvgIpc) is 3.65. The Morgan fingerprint density at radius 2 is 1.60 bits per heavy atom. The van der Waals surface area contributed by atoms with Gasteiger partial charge < -0.3 is 20.5 Å². The van der Waals surface area contributed by atoms with Crippen LogP contribution in [0.5, 0.6) is 0 Å². The van der Waals surface area contributed by atoms with Crippen molar-refractivity contribution in [1.82, 2.24) is 5.32 Å². The van der Waals surface area contributed by atoms with Gasteiger partial charge in [-0.2, -0.15) is 0 Å². The molecule has 0 bridgehead atoms. The molecule has 178 valence electrons. The zero-order valence-electron chi connectivity index (χ0n) is 18.7. The molecule has 1 saturated carbocycles. The van der Waals surface area contributed by atoms with Crippen molar-refractivity contribution in [3.8, 4) is 11.1 Å². The third kappa shape index (κ3) is 4.88. The van der Waals surface area contributed by atoms with Gasteiger partial charge in [0, 0.05) is 9.49 Å². The smallest absolute Gasteiger partial charge is 0.407 e. The van der Waals surface area contributed by atoms with Crippen LogP contribution in [-0.4, -0.2) is 35.7 Å². The number of fused-ring (bicyclic) bond motifs is 3. The third-order valence-corrected chi connectivity index (χ3v) is 7.40. The molecule has 1 fully saturated rings. The zero-order valence-corrected chi connectivity index (χ0v) is 20.8. The van der Waals surface area contributed by atoms with Gasteiger partial charge in [0.2, 0.25) is 5.91 Å². The summed E-state index contributed by atoms with van der Waals surface area (Å²) in [6.07, 6.45) is 1.01. The number of halogens is 1. The molecule has 1 atom stereocenters. The number of rotatable bonds is 7. The van der Waals surface area contributed by atoms with Crippen molar-refractivity contribution in [1.29, 1.82) is 0 Å². The zero-order chi connectivity index (χ0) is 24.5. The summed E-state index contributed by atoms with van der Waals surface area (Å²) in [4.78, 5) is 37.1. The topological polar surface area (TPSA) is 105 Å². The molecular weight excluding hydrogens is 559 g/mol. The fourth-order valence-electron chi connectivity index (χ4n) is 4.56. The van der Waals surface area contributed by atoms with Crippen molar-refractivity contribution in [2.24, 2.45) is 5.92 Å². The van der Waals surface area contributed by atoms with E-state index in [-0.39, 0.29) is 29.9 Å². The summed E-state index contributed by atoms with van der Waals surface area (Å²) >= 11 is 2.03. The third-order valence-electron chi connectivity index (χ3n) is 6.46. The van der Waals surface area contributed by atoms with E-state index in [2.05, 4.69) is 34.9 Å². The van der Waals surface area contributed by atoms with Crippen molar-refractivity contribution in [2.45, 2.75) is 24.8 Å². The molecule has 2 aliphatic rings. The van der Waals surface area contributed by atoms with Crippen LogP contribution in [0, 0.1) is 9.49 Å². The van der Waals surface area contributed by atoms with Crippen molar-refractivity contribution >= 4 is 46.2 Å². The van der Waals surface area contributed by atoms with Gasteiger partial charge in [-0.25, -0.2) is 9.59 Å². The van der Waals surface area contributed by atoms with Crippen LogP contribution < -0.4 is 10.6 Å². The normalized spacial score (nSPS) is 15.0. The monoisotopic (exact) mass is 582 g/mol. The van der Waals surface area contributed by atoms with Gasteiger partial charge in [-0.3, -0.25) is 4.79 Å². The maximum absolute atomic E-state index is 13.0. The molecule has 5 rings (SSSR count). The maximum Gasteiger partial charge on any atom is 0.407 e. The molecule has 0 aliphatic heterocycles. The summed E-state index contributed by atoms with van der Waals surface area (Å²) in [6.45, 7) is 0.164. The lowest BCUT2D eigenvalue weighted by molar-refractivity contribution is -0.118. The van der Waals surface area contributed by atoms with Crippen LogP contribution in [-0.2, 0) is 9.53 Å². The fourth-order valence-corrected chi connectivity index (χ4v) is 5.03. The van der Waals surface area contributed by atoms with Crippen LogP contribution in [0.25, 0.3) is 11.1 Å². The first-order chi connectivity index (χ1) is 16.9. The highest BCUT2D eigenvalue weighted by molar-refractivity contribution is 14.1. The summed E-state index contributed by atoms with van der Waals surface area (Å²) in [7, 11) is 0. The van der Waals surface area contributed by atoms with Crippen LogP contribution in [0.1, 0.15) is 40.2 Å². The second-order valence-corrected chi connectivity index (χ2v) is 9.94. The number of aromatic carboxylic acids is 1. The number of carboxylic acid groups (broad SMARTS) is 1. The molecule has 1 unspecified atom stereocenters. The lowest BCUT2D eigenvalue weighted by Crippen LogP contribution is -2.45. The Morgan fingerprint density at radius 1 is 0.971 bits per heavy atom. The van der Waals surface area contributed by atoms with Gasteiger partial charge in [0.1, 0.15) is 12.6 Å². The van der Waals surface area contributed by atoms with Gasteiger partial charge in [-0.1, -0.05) is 48.5 Å². The molecule has 0 radical (unpaired) electrons. The van der Waals surface area contributed by atoms with Gasteiger partial charge in [0.05, 0.1) is 11.3 Å². The van der Waals surface area contributed by atoms with E-state index in [0.29, 0.717) is 9.26 Å². The van der Waals surface area contributed by atoms with Crippen LogP contribution in [0.4, 0.5) is 10.5 Å². The second kappa shape index (κ2) is 9.69. The molecule has 0 heterocycles. The van der Waals surface area contributed by atoms with Gasteiger partial charge >= 0.3 is 12.1 Å². The van der Waals surface area contributed by atoms with E-state index in [0.717, 1.165) is 35.1 Å². The van der Waals surface area contributed by atoms with Crippen LogP contribution >= 0.6 is 22.6 Å². The Labute approximate surface area is 216 Å². The van der Waals surface area contributed by atoms with Crippen molar-refractivity contribution < 1.29 is 24.2 Å². The van der Waals surface area contributed by atoms with Gasteiger partial charge in [-0.05, 0) is 81.8 Å². The Morgan fingerprint density at radius 3 is 2.20 bits per heavy atom. The van der Waals surface area contributed by atoms with E-state index in [1.165, 1.54) is 12.1 Å². The molecule has 8 heteroatoms. The van der Waals surface area contributed by atoms with Gasteiger partial charge in [-0.15, -0.1) is 0 Å². The number of ether oxygens (including phenoxy) is 1. The summed E-state index contributed by atoms with van der Waals surface area (Å²) < 4.78 is 6.32. The summed E-state index contributed by atoms with van der Waals surface area (Å²) in [5, 5.41) is 14.8. The molecule has 3 aromatic carbocycles. The summed E-state index contributed by atoms with van der Waals surface area (Å²) in [6, 6.07) is 20.0. The molecule has 2 aliphatic carbocycles. The van der Waals surface area contributed by atoms with Crippen molar-refractivity contribution in [3.05, 3.63) is 87.0 Å². The number of hydrogen-bond acceptors (Lipinski definition) is 4. The number of carbonyl (C=O) groups excluding carboxylic acids is 2. The van der Waals surface area contributed by atoms with E-state index < -0.39 is 18.1 Å². The minimum Gasteiger partial charge on any atom is -0.478 e. The molecule has 0 spiro atoms. The lowest BCUT2D eigenvalue weighted by atomic mass is 9.98. The molecule has 0 aromatic heterocycles. The first-order valence-electron chi connectivity index (χ1n) is 11.4. The SMILES string of the molecule is O=C(NC(C(=O)Nc1cc(C(=O)O)ccc1I)C1CC1)OCC1c2ccccc2-c2ccccc21. The highest BCUT2D eigenvalue weighted by Gasteiger charge is 2.38. The molecule has 2 amide bonds. The summed E-state index contributed by atoms with van der Waals surface area (Å²) in [5.41, 5.74) is 5.00. The minimum absolute atomic E-state index is 0.0239. The number of alkyl carbamates (subject to hydrolysis) is 1. The number of carbonyl (C=O) groups is 3. The van der Waals surface area contributed by atoms with Crippen LogP contribution in [0.15, 0.2) is 66.7 Å². The molecule has 35 heavy (non-hydrogen) atoms. The number of benzene rings is 3. The second-order valence-electron chi connectivity index (χ2n) is 8.77. The van der Waals surface area contributed by atoms with E-state index in [9.17, 15) is 19.5 Å². The first kappa shape index (κ1) is 23.3. The molecule has 3 aromatic rings. The minimum atomic E-state index is -1.08. The Balaban J connectivity index is 1.26. The van der Waals surface area contributed by atoms with E-state index >= 15 is 0 Å². The van der Waals surface area contributed by atoms with Crippen molar-refractivity contribution in [2.75, 3.05) is 11.9 Å². The molecule has 0 saturated heterocycles. The predicted octanol–water partition coefficient (Wildman–Crippen LogP) is 5.25. The van der Waals surface area contributed by atoms with Crippen molar-refractivity contribution in [3.63, 3.8) is 0 Å². The van der Waals surface area contributed by atoms with Gasteiger partial charge in [0.25, 0.3) is 0 Å². The molecular formula is C27H23IN2O5. The molecule has 3 N–H and O–H groups in total. The first-order valence-corrected chi connectivity index (χ1v) is 12.5. The number of amides is 2. The van der Waals surface area contributed by atoms with E-state index in [1.54, 1.807) is 6.07 Å². The average molecular weight is 582 g/mol. The van der Waals surface area contributed by atoms with Crippen LogP contribution in [0.2, 0.25) is 0 Å². The largest absolute Gasteiger partial charge is 0.478 e. The lowest BCUT2D eigenvalue weighted by Gasteiger charge is -2.20. The number of carboxylic acids is 1. The van der Waals surface area contributed by atoms with Crippen LogP contribution in [0.3, 0.4) is 0 Å². The Bertz CT molecular complexity index is 1270. The number of nitrogens with one attached hydrogen (secondary N) is 2.